The topological polar surface area (TPSA) is 51.0 Å². The number of hydrogen-bond donors (Lipinski definition) is 0. The van der Waals surface area contributed by atoms with Crippen LogP contribution < -0.4 is 0 Å². The van der Waals surface area contributed by atoms with E-state index in [9.17, 15) is 4.79 Å². The van der Waals surface area contributed by atoms with Crippen molar-refractivity contribution in [3.8, 4) is 11.4 Å². The molecule has 0 aliphatic carbocycles. The van der Waals surface area contributed by atoms with Gasteiger partial charge in [0, 0.05) is 25.2 Å². The smallest absolute Gasteiger partial charge is 0.233 e. The molecule has 6 heteroatoms. The summed E-state index contributed by atoms with van der Waals surface area (Å²) in [5, 5.41) is 9.44. The summed E-state index contributed by atoms with van der Waals surface area (Å²) >= 11 is 1.42. The Morgan fingerprint density at radius 1 is 1.17 bits per heavy atom. The monoisotopic (exact) mass is 406 g/mol. The summed E-state index contributed by atoms with van der Waals surface area (Å²) in [5.74, 6) is 1.20. The number of carbonyl (C=O) groups is 1. The molecule has 2 aromatic carbocycles. The van der Waals surface area contributed by atoms with Crippen LogP contribution in [0.3, 0.4) is 0 Å². The molecule has 1 aromatic heterocycles. The Morgan fingerprint density at radius 2 is 1.97 bits per heavy atom. The zero-order valence-corrected chi connectivity index (χ0v) is 17.7. The summed E-state index contributed by atoms with van der Waals surface area (Å²) in [6.45, 7) is 9.78. The van der Waals surface area contributed by atoms with Gasteiger partial charge in [-0.15, -0.1) is 16.8 Å². The largest absolute Gasteiger partial charge is 0.338 e. The maximum atomic E-state index is 12.8. The van der Waals surface area contributed by atoms with Crippen molar-refractivity contribution in [2.24, 2.45) is 0 Å². The number of allylic oxidation sites excluding steroid dienone is 1. The Labute approximate surface area is 176 Å². The number of aromatic nitrogens is 3. The van der Waals surface area contributed by atoms with Crippen LogP contribution in [0, 0.1) is 6.92 Å². The Balaban J connectivity index is 1.72. The molecule has 0 saturated heterocycles. The maximum Gasteiger partial charge on any atom is 0.233 e. The number of carbonyl (C=O) groups excluding carboxylic acids is 1. The number of thioether (sulfide) groups is 1. The fourth-order valence-corrected chi connectivity index (χ4v) is 3.94. The fourth-order valence-electron chi connectivity index (χ4n) is 3.08. The summed E-state index contributed by atoms with van der Waals surface area (Å²) in [6, 6.07) is 18.2. The van der Waals surface area contributed by atoms with E-state index in [1.54, 1.807) is 0 Å². The molecule has 3 aromatic rings. The number of hydrogen-bond acceptors (Lipinski definition) is 4. The van der Waals surface area contributed by atoms with E-state index < -0.39 is 0 Å². The van der Waals surface area contributed by atoms with Gasteiger partial charge in [0.15, 0.2) is 11.0 Å². The van der Waals surface area contributed by atoms with E-state index in [1.807, 2.05) is 64.9 Å². The highest BCUT2D eigenvalue weighted by molar-refractivity contribution is 7.99. The Hall–Kier alpha value is -2.86. The molecule has 0 radical (unpaired) electrons. The Bertz CT molecular complexity index is 968. The van der Waals surface area contributed by atoms with Gasteiger partial charge in [-0.1, -0.05) is 71.9 Å². The normalized spacial score (nSPS) is 10.7. The van der Waals surface area contributed by atoms with E-state index in [2.05, 4.69) is 35.8 Å². The zero-order chi connectivity index (χ0) is 20.6. The van der Waals surface area contributed by atoms with Crippen LogP contribution >= 0.6 is 11.8 Å². The number of aryl methyl sites for hydroxylation is 1. The second-order valence-corrected chi connectivity index (χ2v) is 7.70. The number of rotatable bonds is 9. The van der Waals surface area contributed by atoms with Crippen LogP contribution in [0.1, 0.15) is 18.1 Å². The minimum atomic E-state index is 0.0895. The number of benzene rings is 2. The van der Waals surface area contributed by atoms with Gasteiger partial charge in [0.2, 0.25) is 5.91 Å². The quantitative estimate of drug-likeness (QED) is 0.385. The molecule has 1 amide bonds. The van der Waals surface area contributed by atoms with Gasteiger partial charge in [-0.2, -0.15) is 0 Å². The minimum Gasteiger partial charge on any atom is -0.338 e. The molecule has 29 heavy (non-hydrogen) atoms. The molecule has 0 bridgehead atoms. The van der Waals surface area contributed by atoms with Gasteiger partial charge in [-0.3, -0.25) is 9.36 Å². The zero-order valence-electron chi connectivity index (χ0n) is 16.9. The Kier molecular flexibility index (Phi) is 7.25. The summed E-state index contributed by atoms with van der Waals surface area (Å²) in [4.78, 5) is 14.6. The molecular formula is C23H26N4OS. The molecule has 0 spiro atoms. The third-order valence-corrected chi connectivity index (χ3v) is 5.53. The highest BCUT2D eigenvalue weighted by Crippen LogP contribution is 2.25. The minimum absolute atomic E-state index is 0.0895. The van der Waals surface area contributed by atoms with Gasteiger partial charge < -0.3 is 4.90 Å². The lowest BCUT2D eigenvalue weighted by molar-refractivity contribution is -0.128. The van der Waals surface area contributed by atoms with Crippen molar-refractivity contribution in [3.05, 3.63) is 78.4 Å². The molecule has 0 saturated carbocycles. The molecule has 0 aliphatic rings. The summed E-state index contributed by atoms with van der Waals surface area (Å²) < 4.78 is 2.01. The number of amides is 1. The molecule has 1 heterocycles. The van der Waals surface area contributed by atoms with E-state index in [-0.39, 0.29) is 5.91 Å². The average molecular weight is 407 g/mol. The third-order valence-electron chi connectivity index (χ3n) is 4.58. The van der Waals surface area contributed by atoms with E-state index in [1.165, 1.54) is 17.3 Å². The average Bonchev–Trinajstić information content (AvgIpc) is 3.14. The Morgan fingerprint density at radius 3 is 2.66 bits per heavy atom. The van der Waals surface area contributed by atoms with Gasteiger partial charge in [0.05, 0.1) is 5.75 Å². The molecule has 0 unspecified atom stereocenters. The van der Waals surface area contributed by atoms with Crippen molar-refractivity contribution < 1.29 is 4.79 Å². The van der Waals surface area contributed by atoms with Crippen molar-refractivity contribution in [1.82, 2.24) is 19.7 Å². The first-order chi connectivity index (χ1) is 14.1. The van der Waals surface area contributed by atoms with E-state index in [0.717, 1.165) is 22.1 Å². The van der Waals surface area contributed by atoms with Crippen molar-refractivity contribution >= 4 is 17.7 Å². The van der Waals surface area contributed by atoms with Crippen LogP contribution in [0.4, 0.5) is 0 Å². The first-order valence-corrected chi connectivity index (χ1v) is 10.7. The predicted octanol–water partition coefficient (Wildman–Crippen LogP) is 4.58. The van der Waals surface area contributed by atoms with Gasteiger partial charge in [0.1, 0.15) is 0 Å². The second-order valence-electron chi connectivity index (χ2n) is 6.76. The molecule has 0 aliphatic heterocycles. The highest BCUT2D eigenvalue weighted by atomic mass is 32.2. The van der Waals surface area contributed by atoms with Crippen molar-refractivity contribution in [3.63, 3.8) is 0 Å². The lowest BCUT2D eigenvalue weighted by Gasteiger charge is -2.20. The molecule has 0 atom stereocenters. The SMILES string of the molecule is C=CCn1c(SCC(=O)N(CC)Cc2ccccc2)nnc1-c1cccc(C)c1. The summed E-state index contributed by atoms with van der Waals surface area (Å²) in [6.07, 6.45) is 1.82. The first-order valence-electron chi connectivity index (χ1n) is 9.68. The highest BCUT2D eigenvalue weighted by Gasteiger charge is 2.17. The van der Waals surface area contributed by atoms with E-state index in [0.29, 0.717) is 25.4 Å². The van der Waals surface area contributed by atoms with Crippen molar-refractivity contribution in [1.29, 1.82) is 0 Å². The molecule has 0 N–H and O–H groups in total. The summed E-state index contributed by atoms with van der Waals surface area (Å²) in [5.41, 5.74) is 3.31. The molecule has 3 rings (SSSR count). The van der Waals surface area contributed by atoms with Crippen molar-refractivity contribution in [2.75, 3.05) is 12.3 Å². The number of nitrogens with zero attached hydrogens (tertiary/aromatic N) is 4. The molecule has 5 nitrogen and oxygen atoms in total. The molecular weight excluding hydrogens is 380 g/mol. The second kappa shape index (κ2) is 10.1. The van der Waals surface area contributed by atoms with E-state index >= 15 is 0 Å². The van der Waals surface area contributed by atoms with Crippen LogP contribution in [0.15, 0.2) is 72.4 Å². The lowest BCUT2D eigenvalue weighted by atomic mass is 10.1. The standard InChI is InChI=1S/C23H26N4OS/c1-4-14-27-22(20-13-9-10-18(3)15-20)24-25-23(27)29-17-21(28)26(5-2)16-19-11-7-6-8-12-19/h4,6-13,15H,1,5,14,16-17H2,2-3H3. The van der Waals surface area contributed by atoms with Gasteiger partial charge in [-0.25, -0.2) is 0 Å². The van der Waals surface area contributed by atoms with Crippen LogP contribution in [0.25, 0.3) is 11.4 Å². The van der Waals surface area contributed by atoms with Crippen molar-refractivity contribution in [2.45, 2.75) is 32.1 Å². The summed E-state index contributed by atoms with van der Waals surface area (Å²) in [7, 11) is 0. The van der Waals surface area contributed by atoms with Crippen LogP contribution in [0.2, 0.25) is 0 Å². The third kappa shape index (κ3) is 5.35. The van der Waals surface area contributed by atoms with E-state index in [4.69, 9.17) is 0 Å². The molecule has 0 fully saturated rings. The van der Waals surface area contributed by atoms with Gasteiger partial charge >= 0.3 is 0 Å². The lowest BCUT2D eigenvalue weighted by Crippen LogP contribution is -2.31. The predicted molar refractivity (Wildman–Crippen MR) is 119 cm³/mol. The van der Waals surface area contributed by atoms with Crippen LogP contribution in [-0.2, 0) is 17.9 Å². The fraction of sp³-hybridized carbons (Fsp3) is 0.261. The molecule has 150 valence electrons. The maximum absolute atomic E-state index is 12.8. The van der Waals surface area contributed by atoms with Gasteiger partial charge in [-0.05, 0) is 25.5 Å². The van der Waals surface area contributed by atoms with Gasteiger partial charge in [0.25, 0.3) is 0 Å². The van der Waals surface area contributed by atoms with Crippen LogP contribution in [-0.4, -0.2) is 37.9 Å². The first kappa shape index (κ1) is 20.9. The van der Waals surface area contributed by atoms with Crippen LogP contribution in [0.5, 0.6) is 0 Å².